The van der Waals surface area contributed by atoms with Gasteiger partial charge in [0.1, 0.15) is 12.4 Å². The Kier molecular flexibility index (Phi) is 8.81. The number of piperazine rings is 1. The van der Waals surface area contributed by atoms with Crippen LogP contribution < -0.4 is 10.1 Å². The largest absolute Gasteiger partial charge is 0.491 e. The molecule has 0 unspecified atom stereocenters. The van der Waals surface area contributed by atoms with Gasteiger partial charge >= 0.3 is 0 Å². The number of rotatable bonds is 5. The monoisotopic (exact) mass is 512 g/mol. The molecule has 1 aromatic carbocycles. The number of carbonyl (C=O) groups is 1. The smallest absolute Gasteiger partial charge is 0.289 e. The number of halogens is 1. The number of nitrogens with one attached hydrogen (secondary N) is 1. The van der Waals surface area contributed by atoms with Crippen LogP contribution in [0.5, 0.6) is 5.75 Å². The molecule has 1 aliphatic heterocycles. The van der Waals surface area contributed by atoms with Crippen LogP contribution in [-0.4, -0.2) is 68.0 Å². The van der Waals surface area contributed by atoms with Gasteiger partial charge in [-0.25, -0.2) is 0 Å². The van der Waals surface area contributed by atoms with Crippen LogP contribution in [0.4, 0.5) is 0 Å². The lowest BCUT2D eigenvalue weighted by Crippen LogP contribution is -2.54. The number of ether oxygens (including phenoxy) is 1. The molecule has 0 saturated carbocycles. The minimum Gasteiger partial charge on any atom is -0.491 e. The number of aliphatic imine (C=N–C) groups is 1. The zero-order chi connectivity index (χ0) is 19.9. The van der Waals surface area contributed by atoms with Gasteiger partial charge < -0.3 is 24.3 Å². The Morgan fingerprint density at radius 1 is 1.10 bits per heavy atom. The lowest BCUT2D eigenvalue weighted by atomic mass is 10.1. The number of hydrogen-bond donors (Lipinski definition) is 1. The summed E-state index contributed by atoms with van der Waals surface area (Å²) >= 11 is 0. The molecule has 1 amide bonds. The van der Waals surface area contributed by atoms with Crippen LogP contribution in [0.25, 0.3) is 0 Å². The topological polar surface area (TPSA) is 70.3 Å². The van der Waals surface area contributed by atoms with Crippen molar-refractivity contribution in [3.63, 3.8) is 0 Å². The van der Waals surface area contributed by atoms with E-state index in [1.54, 1.807) is 19.2 Å². The molecule has 3 rings (SSSR count). The van der Waals surface area contributed by atoms with Crippen LogP contribution in [0.15, 0.2) is 46.0 Å². The molecule has 1 aliphatic rings. The number of para-hydroxylation sites is 1. The predicted octanol–water partition coefficient (Wildman–Crippen LogP) is 2.93. The van der Waals surface area contributed by atoms with Crippen LogP contribution in [0.1, 0.15) is 21.7 Å². The zero-order valence-electron chi connectivity index (χ0n) is 17.2. The van der Waals surface area contributed by atoms with E-state index in [-0.39, 0.29) is 29.9 Å². The Hall–Kier alpha value is -2.23. The molecule has 1 aromatic heterocycles. The minimum absolute atomic E-state index is 0. The molecule has 0 spiro atoms. The van der Waals surface area contributed by atoms with Crippen molar-refractivity contribution in [2.24, 2.45) is 4.99 Å². The van der Waals surface area contributed by atoms with Crippen molar-refractivity contribution in [3.8, 4) is 5.75 Å². The quantitative estimate of drug-likeness (QED) is 0.289. The first kappa shape index (κ1) is 23.1. The average Bonchev–Trinajstić information content (AvgIpc) is 3.24. The van der Waals surface area contributed by atoms with Gasteiger partial charge in [-0.1, -0.05) is 18.2 Å². The third-order valence-corrected chi connectivity index (χ3v) is 4.85. The fourth-order valence-corrected chi connectivity index (χ4v) is 3.35. The van der Waals surface area contributed by atoms with Gasteiger partial charge in [0.2, 0.25) is 0 Å². The van der Waals surface area contributed by atoms with Gasteiger partial charge in [-0.3, -0.25) is 9.79 Å². The van der Waals surface area contributed by atoms with Crippen molar-refractivity contribution in [1.29, 1.82) is 0 Å². The molecule has 1 saturated heterocycles. The minimum atomic E-state index is -0.0606. The molecule has 0 aliphatic carbocycles. The highest BCUT2D eigenvalue weighted by molar-refractivity contribution is 14.0. The Morgan fingerprint density at radius 2 is 1.76 bits per heavy atom. The normalized spacial score (nSPS) is 14.4. The number of furan rings is 1. The molecule has 158 valence electrons. The van der Waals surface area contributed by atoms with Crippen LogP contribution in [0, 0.1) is 13.8 Å². The van der Waals surface area contributed by atoms with Gasteiger partial charge in [0.15, 0.2) is 11.7 Å². The summed E-state index contributed by atoms with van der Waals surface area (Å²) in [6, 6.07) is 9.57. The SMILES string of the molecule is CN=C(NCCOc1c(C)cccc1C)N1CCN(C(=O)c2ccco2)CC1.I. The molecule has 29 heavy (non-hydrogen) atoms. The van der Waals surface area contributed by atoms with E-state index in [1.165, 1.54) is 6.26 Å². The van der Waals surface area contributed by atoms with E-state index in [2.05, 4.69) is 41.2 Å². The standard InChI is InChI=1S/C21H28N4O3.HI/c1-16-6-4-7-17(2)19(16)28-15-9-23-21(22-3)25-12-10-24(11-13-25)20(26)18-8-5-14-27-18;/h4-8,14H,9-13,15H2,1-3H3,(H,22,23);1H. The van der Waals surface area contributed by atoms with Crippen molar-refractivity contribution in [2.45, 2.75) is 13.8 Å². The Labute approximate surface area is 189 Å². The van der Waals surface area contributed by atoms with Crippen molar-refractivity contribution in [3.05, 3.63) is 53.5 Å². The third kappa shape index (κ3) is 5.88. The summed E-state index contributed by atoms with van der Waals surface area (Å²) in [5, 5.41) is 3.35. The first-order valence-corrected chi connectivity index (χ1v) is 9.57. The maximum atomic E-state index is 12.4. The van der Waals surface area contributed by atoms with Gasteiger partial charge in [0.05, 0.1) is 12.8 Å². The molecule has 2 aromatic rings. The van der Waals surface area contributed by atoms with Crippen molar-refractivity contribution in [1.82, 2.24) is 15.1 Å². The number of benzene rings is 1. The summed E-state index contributed by atoms with van der Waals surface area (Å²) in [4.78, 5) is 20.7. The summed E-state index contributed by atoms with van der Waals surface area (Å²) in [5.41, 5.74) is 2.28. The number of guanidine groups is 1. The van der Waals surface area contributed by atoms with E-state index in [9.17, 15) is 4.79 Å². The van der Waals surface area contributed by atoms with E-state index in [0.717, 1.165) is 35.9 Å². The highest BCUT2D eigenvalue weighted by Crippen LogP contribution is 2.21. The van der Waals surface area contributed by atoms with Crippen molar-refractivity contribution >= 4 is 35.8 Å². The number of aryl methyl sites for hydroxylation is 2. The number of carbonyl (C=O) groups excluding carboxylic acids is 1. The Morgan fingerprint density at radius 3 is 2.34 bits per heavy atom. The molecular weight excluding hydrogens is 483 g/mol. The first-order chi connectivity index (χ1) is 13.6. The average molecular weight is 512 g/mol. The van der Waals surface area contributed by atoms with Gasteiger partial charge in [-0.2, -0.15) is 0 Å². The summed E-state index contributed by atoms with van der Waals surface area (Å²) in [6.45, 7) is 8.05. The molecule has 8 heteroatoms. The zero-order valence-corrected chi connectivity index (χ0v) is 19.5. The number of nitrogens with zero attached hydrogens (tertiary/aromatic N) is 3. The summed E-state index contributed by atoms with van der Waals surface area (Å²) in [6.07, 6.45) is 1.52. The van der Waals surface area contributed by atoms with Crippen LogP contribution in [-0.2, 0) is 0 Å². The van der Waals surface area contributed by atoms with Gasteiger partial charge in [0, 0.05) is 33.2 Å². The van der Waals surface area contributed by atoms with E-state index >= 15 is 0 Å². The fraction of sp³-hybridized carbons (Fsp3) is 0.429. The second-order valence-corrected chi connectivity index (χ2v) is 6.80. The summed E-state index contributed by atoms with van der Waals surface area (Å²) < 4.78 is 11.1. The lowest BCUT2D eigenvalue weighted by molar-refractivity contribution is 0.0657. The summed E-state index contributed by atoms with van der Waals surface area (Å²) in [7, 11) is 1.77. The highest BCUT2D eigenvalue weighted by Gasteiger charge is 2.25. The van der Waals surface area contributed by atoms with Crippen molar-refractivity contribution in [2.75, 3.05) is 46.4 Å². The van der Waals surface area contributed by atoms with Gasteiger partial charge in [-0.05, 0) is 37.1 Å². The molecule has 0 bridgehead atoms. The lowest BCUT2D eigenvalue weighted by Gasteiger charge is -2.36. The summed E-state index contributed by atoms with van der Waals surface area (Å²) in [5.74, 6) is 2.11. The van der Waals surface area contributed by atoms with Gasteiger partial charge in [-0.15, -0.1) is 24.0 Å². The fourth-order valence-electron chi connectivity index (χ4n) is 3.35. The molecule has 7 nitrogen and oxygen atoms in total. The number of amides is 1. The second-order valence-electron chi connectivity index (χ2n) is 6.80. The molecule has 1 fully saturated rings. The maximum absolute atomic E-state index is 12.4. The Bertz CT molecular complexity index is 795. The van der Waals surface area contributed by atoms with Crippen LogP contribution >= 0.6 is 24.0 Å². The molecular formula is C21H29IN4O3. The van der Waals surface area contributed by atoms with E-state index in [0.29, 0.717) is 32.0 Å². The van der Waals surface area contributed by atoms with E-state index in [4.69, 9.17) is 9.15 Å². The van der Waals surface area contributed by atoms with Crippen molar-refractivity contribution < 1.29 is 13.9 Å². The molecule has 0 atom stereocenters. The first-order valence-electron chi connectivity index (χ1n) is 9.57. The molecule has 1 N–H and O–H groups in total. The molecule has 2 heterocycles. The second kappa shape index (κ2) is 11.1. The predicted molar refractivity (Wildman–Crippen MR) is 124 cm³/mol. The van der Waals surface area contributed by atoms with E-state index in [1.807, 2.05) is 11.0 Å². The van der Waals surface area contributed by atoms with E-state index < -0.39 is 0 Å². The Balaban J connectivity index is 0.00000300. The molecule has 0 radical (unpaired) electrons. The van der Waals surface area contributed by atoms with Gasteiger partial charge in [0.25, 0.3) is 5.91 Å². The number of hydrogen-bond acceptors (Lipinski definition) is 4. The van der Waals surface area contributed by atoms with Crippen LogP contribution in [0.2, 0.25) is 0 Å². The third-order valence-electron chi connectivity index (χ3n) is 4.85. The highest BCUT2D eigenvalue weighted by atomic mass is 127. The van der Waals surface area contributed by atoms with Crippen LogP contribution in [0.3, 0.4) is 0 Å². The maximum Gasteiger partial charge on any atom is 0.289 e.